The van der Waals surface area contributed by atoms with Gasteiger partial charge in [-0.25, -0.2) is 0 Å². The van der Waals surface area contributed by atoms with E-state index in [1.807, 2.05) is 24.3 Å². The van der Waals surface area contributed by atoms with Crippen molar-refractivity contribution in [1.29, 1.82) is 0 Å². The second-order valence-corrected chi connectivity index (χ2v) is 4.40. The Labute approximate surface area is 103 Å². The Bertz CT molecular complexity index is 375. The summed E-state index contributed by atoms with van der Waals surface area (Å²) in [6.45, 7) is 1.24. The lowest BCUT2D eigenvalue weighted by Crippen LogP contribution is -2.23. The minimum absolute atomic E-state index is 0.00313. The Morgan fingerprint density at radius 1 is 1.50 bits per heavy atom. The Kier molecular flexibility index (Phi) is 3.96. The molecule has 1 aliphatic rings. The average molecular weight is 284 g/mol. The first kappa shape index (κ1) is 11.6. The summed E-state index contributed by atoms with van der Waals surface area (Å²) in [6.07, 6.45) is 0.822. The van der Waals surface area contributed by atoms with Crippen LogP contribution in [0.1, 0.15) is 12.0 Å². The van der Waals surface area contributed by atoms with Crippen molar-refractivity contribution < 1.29 is 9.53 Å². The van der Waals surface area contributed by atoms with Crippen LogP contribution in [0.3, 0.4) is 0 Å². The molecule has 0 aromatic heterocycles. The molecule has 16 heavy (non-hydrogen) atoms. The predicted molar refractivity (Wildman–Crippen MR) is 66.6 cm³/mol. The van der Waals surface area contributed by atoms with Gasteiger partial charge in [0.2, 0.25) is 5.91 Å². The molecule has 1 unspecified atom stereocenters. The zero-order chi connectivity index (χ0) is 11.4. The summed E-state index contributed by atoms with van der Waals surface area (Å²) in [7, 11) is 0. The van der Waals surface area contributed by atoms with Crippen molar-refractivity contribution in [3.63, 3.8) is 0 Å². The Hall–Kier alpha value is -0.870. The molecule has 0 aliphatic carbocycles. The van der Waals surface area contributed by atoms with E-state index < -0.39 is 0 Å². The molecule has 0 radical (unpaired) electrons. The summed E-state index contributed by atoms with van der Waals surface area (Å²) >= 11 is 3.41. The van der Waals surface area contributed by atoms with Crippen LogP contribution in [-0.2, 0) is 14.9 Å². The first-order valence-corrected chi connectivity index (χ1v) is 6.46. The molecule has 1 fully saturated rings. The van der Waals surface area contributed by atoms with Crippen molar-refractivity contribution in [3.8, 4) is 0 Å². The monoisotopic (exact) mass is 283 g/mol. The third-order valence-electron chi connectivity index (χ3n) is 2.72. The van der Waals surface area contributed by atoms with Gasteiger partial charge >= 0.3 is 0 Å². The number of hydrogen-bond donors (Lipinski definition) is 1. The van der Waals surface area contributed by atoms with Crippen molar-refractivity contribution in [2.24, 2.45) is 5.92 Å². The Morgan fingerprint density at radius 3 is 3.00 bits per heavy atom. The highest BCUT2D eigenvalue weighted by Gasteiger charge is 2.23. The summed E-state index contributed by atoms with van der Waals surface area (Å²) in [5.74, 6) is 0.0641. The molecule has 1 N–H and O–H groups in total. The lowest BCUT2D eigenvalue weighted by Gasteiger charge is -2.11. The van der Waals surface area contributed by atoms with Crippen molar-refractivity contribution >= 4 is 27.5 Å². The average Bonchev–Trinajstić information content (AvgIpc) is 2.83. The van der Waals surface area contributed by atoms with Crippen molar-refractivity contribution in [2.45, 2.75) is 11.8 Å². The van der Waals surface area contributed by atoms with Gasteiger partial charge in [-0.15, -0.1) is 0 Å². The van der Waals surface area contributed by atoms with Crippen LogP contribution in [0.25, 0.3) is 0 Å². The van der Waals surface area contributed by atoms with Gasteiger partial charge in [-0.2, -0.15) is 0 Å². The fraction of sp³-hybridized carbons (Fsp3) is 0.417. The number of carbonyl (C=O) groups is 1. The number of benzene rings is 1. The largest absolute Gasteiger partial charge is 0.381 e. The maximum Gasteiger partial charge on any atom is 0.229 e. The van der Waals surface area contributed by atoms with Gasteiger partial charge < -0.3 is 10.1 Å². The highest BCUT2D eigenvalue weighted by atomic mass is 79.9. The number of anilines is 1. The molecular formula is C12H14BrNO2. The number of carbonyl (C=O) groups excluding carboxylic acids is 1. The molecule has 4 heteroatoms. The van der Waals surface area contributed by atoms with Gasteiger partial charge in [0.1, 0.15) is 0 Å². The molecule has 1 aromatic rings. The number of para-hydroxylation sites is 1. The van der Waals surface area contributed by atoms with Crippen LogP contribution < -0.4 is 5.32 Å². The van der Waals surface area contributed by atoms with E-state index in [9.17, 15) is 4.79 Å². The third-order valence-corrected chi connectivity index (χ3v) is 3.32. The van der Waals surface area contributed by atoms with Gasteiger partial charge in [0.25, 0.3) is 0 Å². The summed E-state index contributed by atoms with van der Waals surface area (Å²) in [4.78, 5) is 11.9. The maximum atomic E-state index is 11.9. The van der Waals surface area contributed by atoms with Gasteiger partial charge in [-0.1, -0.05) is 34.1 Å². The van der Waals surface area contributed by atoms with E-state index in [1.165, 1.54) is 0 Å². The van der Waals surface area contributed by atoms with E-state index in [2.05, 4.69) is 21.2 Å². The molecule has 1 aliphatic heterocycles. The van der Waals surface area contributed by atoms with Crippen LogP contribution in [0.15, 0.2) is 24.3 Å². The van der Waals surface area contributed by atoms with Crippen LogP contribution >= 0.6 is 15.9 Å². The molecule has 1 saturated heterocycles. The number of rotatable bonds is 3. The van der Waals surface area contributed by atoms with Gasteiger partial charge in [0, 0.05) is 17.6 Å². The minimum atomic E-state index is 0.00313. The summed E-state index contributed by atoms with van der Waals surface area (Å²) in [5, 5.41) is 3.70. The lowest BCUT2D eigenvalue weighted by atomic mass is 10.1. The summed E-state index contributed by atoms with van der Waals surface area (Å²) in [5.41, 5.74) is 1.98. The Morgan fingerprint density at radius 2 is 2.31 bits per heavy atom. The van der Waals surface area contributed by atoms with Crippen molar-refractivity contribution in [1.82, 2.24) is 0 Å². The van der Waals surface area contributed by atoms with E-state index >= 15 is 0 Å². The molecule has 0 spiro atoms. The van der Waals surface area contributed by atoms with Crippen molar-refractivity contribution in [2.75, 3.05) is 18.5 Å². The first-order chi connectivity index (χ1) is 7.81. The molecular weight excluding hydrogens is 270 g/mol. The Balaban J connectivity index is 2.05. The molecule has 0 saturated carbocycles. The molecule has 1 aromatic carbocycles. The second kappa shape index (κ2) is 5.46. The van der Waals surface area contributed by atoms with E-state index in [0.717, 1.165) is 23.0 Å². The highest BCUT2D eigenvalue weighted by Crippen LogP contribution is 2.20. The smallest absolute Gasteiger partial charge is 0.229 e. The summed E-state index contributed by atoms with van der Waals surface area (Å²) in [6, 6.07) is 7.80. The molecule has 86 valence electrons. The van der Waals surface area contributed by atoms with Crippen LogP contribution in [0.4, 0.5) is 5.69 Å². The molecule has 1 atom stereocenters. The molecule has 0 bridgehead atoms. The number of ether oxygens (including phenoxy) is 1. The predicted octanol–water partition coefficient (Wildman–Crippen LogP) is 2.56. The first-order valence-electron chi connectivity index (χ1n) is 5.33. The second-order valence-electron chi connectivity index (χ2n) is 3.84. The number of amides is 1. The van der Waals surface area contributed by atoms with Crippen LogP contribution in [0, 0.1) is 5.92 Å². The van der Waals surface area contributed by atoms with Gasteiger partial charge in [-0.3, -0.25) is 4.79 Å². The SMILES string of the molecule is O=C(Nc1ccccc1CBr)C1CCOC1. The number of hydrogen-bond acceptors (Lipinski definition) is 2. The minimum Gasteiger partial charge on any atom is -0.381 e. The van der Waals surface area contributed by atoms with E-state index in [-0.39, 0.29) is 11.8 Å². The van der Waals surface area contributed by atoms with E-state index in [4.69, 9.17) is 4.74 Å². The van der Waals surface area contributed by atoms with Crippen LogP contribution in [-0.4, -0.2) is 19.1 Å². The van der Waals surface area contributed by atoms with Gasteiger partial charge in [0.05, 0.1) is 12.5 Å². The van der Waals surface area contributed by atoms with E-state index in [1.54, 1.807) is 0 Å². The topological polar surface area (TPSA) is 38.3 Å². The fourth-order valence-electron chi connectivity index (χ4n) is 1.73. The zero-order valence-electron chi connectivity index (χ0n) is 8.91. The zero-order valence-corrected chi connectivity index (χ0v) is 10.5. The quantitative estimate of drug-likeness (QED) is 0.866. The molecule has 1 amide bonds. The number of halogens is 1. The summed E-state index contributed by atoms with van der Waals surface area (Å²) < 4.78 is 5.20. The molecule has 1 heterocycles. The third kappa shape index (κ3) is 2.62. The number of alkyl halides is 1. The number of nitrogens with one attached hydrogen (secondary N) is 1. The lowest BCUT2D eigenvalue weighted by molar-refractivity contribution is -0.119. The van der Waals surface area contributed by atoms with E-state index in [0.29, 0.717) is 13.2 Å². The standard InChI is InChI=1S/C12H14BrNO2/c13-7-9-3-1-2-4-11(9)14-12(15)10-5-6-16-8-10/h1-4,10H,5-8H2,(H,14,15). The highest BCUT2D eigenvalue weighted by molar-refractivity contribution is 9.08. The van der Waals surface area contributed by atoms with Crippen molar-refractivity contribution in [3.05, 3.63) is 29.8 Å². The fourth-order valence-corrected chi connectivity index (χ4v) is 2.22. The molecule has 2 rings (SSSR count). The molecule has 3 nitrogen and oxygen atoms in total. The normalized spacial score (nSPS) is 19.7. The van der Waals surface area contributed by atoms with Gasteiger partial charge in [-0.05, 0) is 18.1 Å². The maximum absolute atomic E-state index is 11.9. The van der Waals surface area contributed by atoms with Gasteiger partial charge in [0.15, 0.2) is 0 Å². The van der Waals surface area contributed by atoms with Crippen LogP contribution in [0.2, 0.25) is 0 Å². The van der Waals surface area contributed by atoms with Crippen LogP contribution in [0.5, 0.6) is 0 Å².